The van der Waals surface area contributed by atoms with Crippen molar-refractivity contribution in [3.05, 3.63) is 125 Å². The molecule has 4 aromatic carbocycles. The molecule has 4 aromatic rings. The zero-order valence-electron chi connectivity index (χ0n) is 31.1. The average Bonchev–Trinajstić information content (AvgIpc) is 3.93. The number of imide groups is 2. The first-order valence-corrected chi connectivity index (χ1v) is 19.4. The lowest BCUT2D eigenvalue weighted by atomic mass is 9.88. The molecule has 2 N–H and O–H groups in total. The summed E-state index contributed by atoms with van der Waals surface area (Å²) in [5, 5.41) is 12.2. The van der Waals surface area contributed by atoms with Crippen LogP contribution in [-0.2, 0) is 9.59 Å². The molecule has 0 spiro atoms. The lowest BCUT2D eigenvalue weighted by Crippen LogP contribution is -2.54. The second kappa shape index (κ2) is 15.5. The molecule has 0 radical (unpaired) electrons. The summed E-state index contributed by atoms with van der Waals surface area (Å²) < 4.78 is 6.29. The summed E-state index contributed by atoms with van der Waals surface area (Å²) in [7, 11) is 0. The van der Waals surface area contributed by atoms with E-state index in [2.05, 4.69) is 70.6 Å². The molecule has 10 nitrogen and oxygen atoms in total. The van der Waals surface area contributed by atoms with E-state index in [1.54, 1.807) is 24.3 Å². The van der Waals surface area contributed by atoms with Gasteiger partial charge in [0.05, 0.1) is 17.7 Å². The number of anilines is 1. The van der Waals surface area contributed by atoms with Gasteiger partial charge in [0.1, 0.15) is 17.5 Å². The van der Waals surface area contributed by atoms with Crippen LogP contribution in [0.5, 0.6) is 11.5 Å². The van der Waals surface area contributed by atoms with Crippen molar-refractivity contribution in [1.29, 1.82) is 0 Å². The Morgan fingerprint density at radius 1 is 0.782 bits per heavy atom. The van der Waals surface area contributed by atoms with Crippen molar-refractivity contribution < 1.29 is 29.0 Å². The number of carbonyl (C=O) groups excluding carboxylic acids is 4. The van der Waals surface area contributed by atoms with Crippen molar-refractivity contribution in [3.63, 3.8) is 0 Å². The van der Waals surface area contributed by atoms with Gasteiger partial charge in [-0.2, -0.15) is 0 Å². The number of aromatic hydroxyl groups is 1. The van der Waals surface area contributed by atoms with Gasteiger partial charge in [-0.15, -0.1) is 0 Å². The molecule has 8 rings (SSSR count). The molecule has 3 aliphatic heterocycles. The van der Waals surface area contributed by atoms with Gasteiger partial charge in [-0.1, -0.05) is 61.5 Å². The van der Waals surface area contributed by atoms with Gasteiger partial charge in [0.25, 0.3) is 11.8 Å². The third-order valence-electron chi connectivity index (χ3n) is 11.6. The Labute approximate surface area is 321 Å². The fraction of sp³-hybridized carbons (Fsp3) is 0.333. The van der Waals surface area contributed by atoms with Crippen LogP contribution in [0.4, 0.5) is 5.69 Å². The Morgan fingerprint density at radius 3 is 2.16 bits per heavy atom. The van der Waals surface area contributed by atoms with Crippen LogP contribution in [0.2, 0.25) is 0 Å². The topological polar surface area (TPSA) is 119 Å². The van der Waals surface area contributed by atoms with E-state index in [0.29, 0.717) is 29.6 Å². The molecule has 282 valence electrons. The van der Waals surface area contributed by atoms with Crippen LogP contribution in [0, 0.1) is 11.8 Å². The molecule has 0 bridgehead atoms. The first-order chi connectivity index (χ1) is 26.8. The fourth-order valence-electron chi connectivity index (χ4n) is 8.33. The van der Waals surface area contributed by atoms with Crippen molar-refractivity contribution in [2.24, 2.45) is 11.8 Å². The SMILES string of the molecule is CCC(=C(c1ccc(O)cc1)c1ccc(OCC2CC2CCN2CCN(c3ccc4c(c3)C(=O)N(C3CCC(=O)NC3=O)C4=O)CC2)cc1)c1ccccc1. The highest BCUT2D eigenvalue weighted by Gasteiger charge is 2.45. The van der Waals surface area contributed by atoms with Crippen molar-refractivity contribution >= 4 is 40.5 Å². The van der Waals surface area contributed by atoms with Gasteiger partial charge in [0, 0.05) is 38.3 Å². The van der Waals surface area contributed by atoms with Gasteiger partial charge >= 0.3 is 0 Å². The van der Waals surface area contributed by atoms with Crippen LogP contribution >= 0.6 is 0 Å². The van der Waals surface area contributed by atoms with Crippen LogP contribution in [0.15, 0.2) is 97.1 Å². The molecule has 2 saturated heterocycles. The summed E-state index contributed by atoms with van der Waals surface area (Å²) in [4.78, 5) is 56.2. The van der Waals surface area contributed by atoms with Gasteiger partial charge in [-0.25, -0.2) is 0 Å². The lowest BCUT2D eigenvalue weighted by molar-refractivity contribution is -0.136. The number of carbonyl (C=O) groups is 4. The highest BCUT2D eigenvalue weighted by Crippen LogP contribution is 2.42. The number of ether oxygens (including phenoxy) is 1. The number of amides is 4. The maximum atomic E-state index is 13.3. The number of hydrogen-bond acceptors (Lipinski definition) is 8. The van der Waals surface area contributed by atoms with Gasteiger partial charge in [0.2, 0.25) is 11.8 Å². The molecule has 4 aliphatic rings. The minimum Gasteiger partial charge on any atom is -0.508 e. The number of piperidine rings is 1. The minimum atomic E-state index is -0.963. The Morgan fingerprint density at radius 2 is 1.47 bits per heavy atom. The predicted octanol–water partition coefficient (Wildman–Crippen LogP) is 6.39. The van der Waals surface area contributed by atoms with E-state index in [1.165, 1.54) is 17.6 Å². The average molecular weight is 739 g/mol. The zero-order valence-corrected chi connectivity index (χ0v) is 31.1. The number of rotatable bonds is 12. The number of benzene rings is 4. The van der Waals surface area contributed by atoms with E-state index in [0.717, 1.165) is 78.6 Å². The van der Waals surface area contributed by atoms with Gasteiger partial charge in [-0.3, -0.25) is 34.3 Å². The first kappa shape index (κ1) is 36.2. The number of nitrogens with zero attached hydrogens (tertiary/aromatic N) is 3. The second-order valence-corrected chi connectivity index (χ2v) is 15.0. The Bertz CT molecular complexity index is 2120. The summed E-state index contributed by atoms with van der Waals surface area (Å²) in [5.41, 5.74) is 7.28. The molecule has 3 fully saturated rings. The summed E-state index contributed by atoms with van der Waals surface area (Å²) in [6.07, 6.45) is 3.43. The number of piperazine rings is 1. The number of nitrogens with one attached hydrogen (secondary N) is 1. The van der Waals surface area contributed by atoms with Crippen LogP contribution in [0.1, 0.15) is 76.4 Å². The molecule has 0 aromatic heterocycles. The molecule has 55 heavy (non-hydrogen) atoms. The molecule has 1 aliphatic carbocycles. The third kappa shape index (κ3) is 7.64. The van der Waals surface area contributed by atoms with Crippen LogP contribution in [0.3, 0.4) is 0 Å². The molecule has 1 saturated carbocycles. The maximum absolute atomic E-state index is 13.3. The molecular formula is C45H46N4O6. The van der Waals surface area contributed by atoms with Gasteiger partial charge in [0.15, 0.2) is 0 Å². The quantitative estimate of drug-likeness (QED) is 0.127. The standard InChI is InChI=1S/C45H46N4O6/c1-2-37(29-6-4-3-5-7-29)42(30-8-13-35(50)14-9-30)31-10-15-36(16-11-31)55-28-33-26-32(33)20-21-47-22-24-48(25-23-47)34-12-17-38-39(27-34)45(54)49(44(38)53)40-18-19-41(51)46-43(40)52/h3-17,27,32-33,40,50H,2,18-26,28H2,1H3,(H,46,51,52). The summed E-state index contributed by atoms with van der Waals surface area (Å²) in [6.45, 7) is 7.39. The van der Waals surface area contributed by atoms with Gasteiger partial charge in [-0.05, 0) is 114 Å². The van der Waals surface area contributed by atoms with E-state index in [9.17, 15) is 24.3 Å². The van der Waals surface area contributed by atoms with E-state index in [1.807, 2.05) is 24.3 Å². The maximum Gasteiger partial charge on any atom is 0.262 e. The van der Waals surface area contributed by atoms with Crippen LogP contribution < -0.4 is 15.0 Å². The summed E-state index contributed by atoms with van der Waals surface area (Å²) in [6, 6.07) is 30.7. The van der Waals surface area contributed by atoms with Crippen molar-refractivity contribution in [2.75, 3.05) is 44.2 Å². The number of hydrogen-bond donors (Lipinski definition) is 2. The highest BCUT2D eigenvalue weighted by molar-refractivity contribution is 6.23. The van der Waals surface area contributed by atoms with E-state index >= 15 is 0 Å². The number of fused-ring (bicyclic) bond motifs is 1. The summed E-state index contributed by atoms with van der Waals surface area (Å²) in [5.74, 6) is 0.398. The Balaban J connectivity index is 0.813. The van der Waals surface area contributed by atoms with E-state index < -0.39 is 23.8 Å². The van der Waals surface area contributed by atoms with Crippen LogP contribution in [0.25, 0.3) is 11.1 Å². The molecular weight excluding hydrogens is 693 g/mol. The smallest absolute Gasteiger partial charge is 0.262 e. The molecule has 4 amide bonds. The third-order valence-corrected chi connectivity index (χ3v) is 11.6. The Kier molecular flexibility index (Phi) is 10.2. The zero-order chi connectivity index (χ0) is 38.1. The normalized spacial score (nSPS) is 21.7. The second-order valence-electron chi connectivity index (χ2n) is 15.0. The summed E-state index contributed by atoms with van der Waals surface area (Å²) >= 11 is 0. The highest BCUT2D eigenvalue weighted by atomic mass is 16.5. The monoisotopic (exact) mass is 738 g/mol. The molecule has 3 unspecified atom stereocenters. The van der Waals surface area contributed by atoms with Crippen LogP contribution in [-0.4, -0.2) is 83.9 Å². The number of allylic oxidation sites excluding steroid dienone is 1. The molecule has 3 heterocycles. The minimum absolute atomic E-state index is 0.0996. The Hall–Kier alpha value is -5.74. The molecule has 3 atom stereocenters. The van der Waals surface area contributed by atoms with E-state index in [-0.39, 0.29) is 24.5 Å². The van der Waals surface area contributed by atoms with Gasteiger partial charge < -0.3 is 14.7 Å². The largest absolute Gasteiger partial charge is 0.508 e. The molecule has 10 heteroatoms. The van der Waals surface area contributed by atoms with Crippen molar-refractivity contribution in [3.8, 4) is 11.5 Å². The predicted molar refractivity (Wildman–Crippen MR) is 211 cm³/mol. The fourth-order valence-corrected chi connectivity index (χ4v) is 8.33. The van der Waals surface area contributed by atoms with Crippen molar-refractivity contribution in [2.45, 2.75) is 45.1 Å². The number of phenols is 1. The number of phenolic OH excluding ortho intramolecular Hbond substituents is 1. The first-order valence-electron chi connectivity index (χ1n) is 19.4. The van der Waals surface area contributed by atoms with E-state index in [4.69, 9.17) is 4.74 Å². The lowest BCUT2D eigenvalue weighted by Gasteiger charge is -2.36. The van der Waals surface area contributed by atoms with Crippen molar-refractivity contribution in [1.82, 2.24) is 15.1 Å².